The molecule has 1 heterocycles. The van der Waals surface area contributed by atoms with Gasteiger partial charge in [0.05, 0.1) is 32.3 Å². The van der Waals surface area contributed by atoms with Crippen LogP contribution in [0.4, 0.5) is 22.7 Å². The van der Waals surface area contributed by atoms with Gasteiger partial charge >= 0.3 is 0 Å². The molecule has 4 rings (SSSR count). The molecule has 0 atom stereocenters. The van der Waals surface area contributed by atoms with E-state index in [2.05, 4.69) is 9.98 Å². The third-order valence-corrected chi connectivity index (χ3v) is 4.97. The maximum atomic E-state index is 10.8. The fourth-order valence-electron chi connectivity index (χ4n) is 2.99. The lowest BCUT2D eigenvalue weighted by atomic mass is 10.3. The SMILES string of the molecule is O=[N+]([O-])c1ccc(N=Cn2c(=S)n(C=Nc3ccc([N+](=O)[O-])cc3)c3ccccc32)cc1. The average Bonchev–Trinajstić information content (AvgIpc) is 3.07. The maximum Gasteiger partial charge on any atom is 0.269 e. The van der Waals surface area contributed by atoms with Crippen LogP contribution in [0.15, 0.2) is 82.8 Å². The van der Waals surface area contributed by atoms with E-state index in [9.17, 15) is 20.2 Å². The summed E-state index contributed by atoms with van der Waals surface area (Å²) in [6, 6.07) is 19.2. The standard InChI is InChI=1S/C21H14N6O4S/c28-26(29)17-9-5-15(6-10-17)22-13-24-19-3-1-2-4-20(19)25(21(24)32)14-23-16-7-11-18(12-8-16)27(30)31/h1-14H. The van der Waals surface area contributed by atoms with Crippen molar-refractivity contribution in [2.45, 2.75) is 0 Å². The Hall–Kier alpha value is -4.51. The molecule has 0 aliphatic carbocycles. The van der Waals surface area contributed by atoms with Crippen molar-refractivity contribution in [3.8, 4) is 0 Å². The normalized spacial score (nSPS) is 11.5. The Morgan fingerprint density at radius 2 is 1.06 bits per heavy atom. The number of rotatable bonds is 6. The second kappa shape index (κ2) is 8.70. The minimum atomic E-state index is -0.471. The number of aromatic nitrogens is 2. The third kappa shape index (κ3) is 4.18. The summed E-state index contributed by atoms with van der Waals surface area (Å²) in [6.45, 7) is 0. The lowest BCUT2D eigenvalue weighted by Crippen LogP contribution is -1.99. The van der Waals surface area contributed by atoms with Gasteiger partial charge in [0.25, 0.3) is 11.4 Å². The van der Waals surface area contributed by atoms with Crippen molar-refractivity contribution in [2.75, 3.05) is 0 Å². The van der Waals surface area contributed by atoms with Crippen molar-refractivity contribution < 1.29 is 9.85 Å². The highest BCUT2D eigenvalue weighted by atomic mass is 32.1. The first kappa shape index (κ1) is 20.8. The number of nitro groups is 2. The second-order valence-corrected chi connectivity index (χ2v) is 6.91. The Morgan fingerprint density at radius 3 is 1.41 bits per heavy atom. The van der Waals surface area contributed by atoms with Gasteiger partial charge in [0.1, 0.15) is 12.7 Å². The predicted molar refractivity (Wildman–Crippen MR) is 124 cm³/mol. The van der Waals surface area contributed by atoms with Crippen LogP contribution in [0.2, 0.25) is 0 Å². The molecule has 0 unspecified atom stereocenters. The van der Waals surface area contributed by atoms with Gasteiger partial charge in [-0.2, -0.15) is 0 Å². The number of aliphatic imine (C=N–C) groups is 2. The maximum absolute atomic E-state index is 10.8. The summed E-state index contributed by atoms with van der Waals surface area (Å²) in [5.41, 5.74) is 2.62. The third-order valence-electron chi connectivity index (χ3n) is 4.58. The average molecular weight is 446 g/mol. The highest BCUT2D eigenvalue weighted by molar-refractivity contribution is 7.71. The number of non-ortho nitro benzene ring substituents is 2. The molecule has 0 bridgehead atoms. The molecular formula is C21H14N6O4S. The zero-order valence-electron chi connectivity index (χ0n) is 16.3. The molecule has 0 radical (unpaired) electrons. The molecular weight excluding hydrogens is 432 g/mol. The van der Waals surface area contributed by atoms with E-state index in [4.69, 9.17) is 12.2 Å². The smallest absolute Gasteiger partial charge is 0.269 e. The molecule has 10 nitrogen and oxygen atoms in total. The van der Waals surface area contributed by atoms with Gasteiger partial charge in [-0.3, -0.25) is 29.4 Å². The number of fused-ring (bicyclic) bond motifs is 1. The summed E-state index contributed by atoms with van der Waals surface area (Å²) < 4.78 is 3.81. The molecule has 0 fully saturated rings. The molecule has 3 aromatic carbocycles. The minimum Gasteiger partial charge on any atom is -0.275 e. The van der Waals surface area contributed by atoms with Crippen LogP contribution in [0.3, 0.4) is 0 Å². The van der Waals surface area contributed by atoms with Crippen molar-refractivity contribution in [1.29, 1.82) is 0 Å². The topological polar surface area (TPSA) is 121 Å². The van der Waals surface area contributed by atoms with Crippen LogP contribution in [0.5, 0.6) is 0 Å². The fraction of sp³-hybridized carbons (Fsp3) is 0. The summed E-state index contributed by atoms with van der Waals surface area (Å²) in [5.74, 6) is 0. The number of benzene rings is 3. The molecule has 4 aromatic rings. The molecule has 0 amide bonds. The number of para-hydroxylation sites is 2. The van der Waals surface area contributed by atoms with Crippen molar-refractivity contribution in [3.05, 3.63) is 97.8 Å². The largest absolute Gasteiger partial charge is 0.275 e. The number of nitro benzene ring substituents is 2. The Kier molecular flexibility index (Phi) is 5.64. The summed E-state index contributed by atoms with van der Waals surface area (Å²) in [4.78, 5) is 29.4. The highest BCUT2D eigenvalue weighted by Gasteiger charge is 2.09. The van der Waals surface area contributed by atoms with Gasteiger partial charge in [0, 0.05) is 24.3 Å². The van der Waals surface area contributed by atoms with Gasteiger partial charge < -0.3 is 0 Å². The quantitative estimate of drug-likeness (QED) is 0.129. The Balaban J connectivity index is 1.69. The van der Waals surface area contributed by atoms with E-state index >= 15 is 0 Å². The molecule has 0 spiro atoms. The number of hydrogen-bond acceptors (Lipinski definition) is 7. The first-order valence-corrected chi connectivity index (χ1v) is 9.63. The molecule has 11 heteroatoms. The van der Waals surface area contributed by atoms with Crippen LogP contribution < -0.4 is 0 Å². The molecule has 32 heavy (non-hydrogen) atoms. The van der Waals surface area contributed by atoms with Crippen LogP contribution in [-0.4, -0.2) is 31.7 Å². The van der Waals surface area contributed by atoms with Crippen molar-refractivity contribution in [3.63, 3.8) is 0 Å². The van der Waals surface area contributed by atoms with Crippen molar-refractivity contribution in [1.82, 2.24) is 9.13 Å². The van der Waals surface area contributed by atoms with E-state index in [1.807, 2.05) is 24.3 Å². The second-order valence-electron chi connectivity index (χ2n) is 6.55. The minimum absolute atomic E-state index is 0.0142. The zero-order valence-corrected chi connectivity index (χ0v) is 17.1. The predicted octanol–water partition coefficient (Wildman–Crippen LogP) is 5.40. The van der Waals surface area contributed by atoms with E-state index in [-0.39, 0.29) is 11.4 Å². The first-order valence-electron chi connectivity index (χ1n) is 9.23. The van der Waals surface area contributed by atoms with Crippen LogP contribution in [0.25, 0.3) is 11.0 Å². The first-order chi connectivity index (χ1) is 15.4. The summed E-state index contributed by atoms with van der Waals surface area (Å²) in [5, 5.41) is 21.6. The molecule has 158 valence electrons. The lowest BCUT2D eigenvalue weighted by molar-refractivity contribution is -0.385. The van der Waals surface area contributed by atoms with Gasteiger partial charge in [0.2, 0.25) is 0 Å². The Morgan fingerprint density at radius 1 is 0.688 bits per heavy atom. The number of nitrogens with zero attached hydrogens (tertiary/aromatic N) is 6. The van der Waals surface area contributed by atoms with Crippen molar-refractivity contribution in [2.24, 2.45) is 9.98 Å². The van der Waals surface area contributed by atoms with Gasteiger partial charge in [-0.05, 0) is 48.6 Å². The highest BCUT2D eigenvalue weighted by Crippen LogP contribution is 2.21. The van der Waals surface area contributed by atoms with E-state index < -0.39 is 9.85 Å². The molecule has 0 saturated carbocycles. The van der Waals surface area contributed by atoms with Crippen LogP contribution in [0.1, 0.15) is 0 Å². The van der Waals surface area contributed by atoms with Crippen LogP contribution in [-0.2, 0) is 0 Å². The zero-order chi connectivity index (χ0) is 22.7. The number of hydrogen-bond donors (Lipinski definition) is 0. The molecule has 0 saturated heterocycles. The van der Waals surface area contributed by atoms with Crippen LogP contribution >= 0.6 is 12.2 Å². The van der Waals surface area contributed by atoms with E-state index in [0.29, 0.717) is 16.1 Å². The number of imidazole rings is 1. The van der Waals surface area contributed by atoms with Gasteiger partial charge in [-0.1, -0.05) is 12.1 Å². The monoisotopic (exact) mass is 446 g/mol. The van der Waals surface area contributed by atoms with Gasteiger partial charge in [0.15, 0.2) is 4.77 Å². The fourth-order valence-corrected chi connectivity index (χ4v) is 3.28. The lowest BCUT2D eigenvalue weighted by Gasteiger charge is -1.97. The van der Waals surface area contributed by atoms with Crippen LogP contribution in [0, 0.1) is 25.0 Å². The summed E-state index contributed by atoms with van der Waals surface area (Å²) >= 11 is 5.60. The Bertz CT molecular complexity index is 1330. The molecule has 0 aliphatic rings. The van der Waals surface area contributed by atoms with Crippen molar-refractivity contribution >= 4 is 58.7 Å². The van der Waals surface area contributed by atoms with Gasteiger partial charge in [-0.15, -0.1) is 0 Å². The molecule has 1 aromatic heterocycles. The Labute approximate surface area is 185 Å². The molecule has 0 aliphatic heterocycles. The summed E-state index contributed by atoms with van der Waals surface area (Å²) in [7, 11) is 0. The van der Waals surface area contributed by atoms with E-state index in [1.54, 1.807) is 46.1 Å². The molecule has 0 N–H and O–H groups in total. The van der Waals surface area contributed by atoms with E-state index in [1.165, 1.54) is 24.3 Å². The van der Waals surface area contributed by atoms with E-state index in [0.717, 1.165) is 11.0 Å². The van der Waals surface area contributed by atoms with Gasteiger partial charge in [-0.25, -0.2) is 9.98 Å². The summed E-state index contributed by atoms with van der Waals surface area (Å²) in [6.07, 6.45) is 3.09.